The Morgan fingerprint density at radius 1 is 0.871 bits per heavy atom. The highest BCUT2D eigenvalue weighted by molar-refractivity contribution is 7.80. The molecule has 9 N–H and O–H groups in total. The van der Waals surface area contributed by atoms with Crippen LogP contribution in [-0.2, 0) is 28.8 Å². The number of nitrogens with one attached hydrogen (secondary N) is 3. The summed E-state index contributed by atoms with van der Waals surface area (Å²) >= 11 is 3.77. The summed E-state index contributed by atoms with van der Waals surface area (Å²) in [4.78, 5) is 69.4. The van der Waals surface area contributed by atoms with Crippen LogP contribution < -0.4 is 21.7 Å². The van der Waals surface area contributed by atoms with Gasteiger partial charge >= 0.3 is 17.9 Å². The second-order valence-electron chi connectivity index (χ2n) is 6.51. The summed E-state index contributed by atoms with van der Waals surface area (Å²) in [7, 11) is 0. The molecule has 15 heteroatoms. The largest absolute Gasteiger partial charge is 0.481 e. The van der Waals surface area contributed by atoms with Crippen molar-refractivity contribution < 1.29 is 49.2 Å². The smallest absolute Gasteiger partial charge is 0.327 e. The monoisotopic (exact) mass is 466 g/mol. The minimum absolute atomic E-state index is 0.276. The fourth-order valence-electron chi connectivity index (χ4n) is 2.18. The van der Waals surface area contributed by atoms with Gasteiger partial charge in [0.05, 0.1) is 18.6 Å². The standard InChI is InChI=1S/C16H26N4O10S/c1-6(21)12(15(28)19-9(5-31)16(29)30)20-14(27)8(4-11(24)25)18-13(26)7(17)2-3-10(22)23/h6-9,12,21,31H,2-5,17H2,1H3,(H,18,26)(H,19,28)(H,20,27)(H,22,23)(H,24,25)(H,29,30). The number of aliphatic hydroxyl groups excluding tert-OH is 1. The Hall–Kier alpha value is -2.91. The molecule has 0 rings (SSSR count). The predicted octanol–water partition coefficient (Wildman–Crippen LogP) is -3.50. The Kier molecular flexibility index (Phi) is 12.1. The van der Waals surface area contributed by atoms with Gasteiger partial charge in [0.25, 0.3) is 0 Å². The van der Waals surface area contributed by atoms with Crippen LogP contribution in [0, 0.1) is 0 Å². The molecule has 0 radical (unpaired) electrons. The number of carboxylic acid groups (broad SMARTS) is 3. The van der Waals surface area contributed by atoms with Crippen molar-refractivity contribution in [3.8, 4) is 0 Å². The number of amides is 3. The van der Waals surface area contributed by atoms with Crippen LogP contribution in [0.15, 0.2) is 0 Å². The highest BCUT2D eigenvalue weighted by Crippen LogP contribution is 2.02. The number of aliphatic hydroxyl groups is 1. The number of rotatable bonds is 14. The molecular formula is C16H26N4O10S. The second kappa shape index (κ2) is 13.4. The van der Waals surface area contributed by atoms with E-state index in [-0.39, 0.29) is 12.2 Å². The molecule has 5 atom stereocenters. The molecule has 5 unspecified atom stereocenters. The molecule has 0 aromatic rings. The maximum absolute atomic E-state index is 12.5. The quantitative estimate of drug-likeness (QED) is 0.114. The minimum atomic E-state index is -1.71. The van der Waals surface area contributed by atoms with Crippen molar-refractivity contribution in [2.24, 2.45) is 5.73 Å². The second-order valence-corrected chi connectivity index (χ2v) is 6.87. The lowest BCUT2D eigenvalue weighted by molar-refractivity contribution is -0.143. The van der Waals surface area contributed by atoms with Crippen molar-refractivity contribution in [2.75, 3.05) is 5.75 Å². The Morgan fingerprint density at radius 2 is 1.42 bits per heavy atom. The molecule has 0 bridgehead atoms. The zero-order valence-corrected chi connectivity index (χ0v) is 17.4. The first-order valence-electron chi connectivity index (χ1n) is 8.92. The van der Waals surface area contributed by atoms with Crippen LogP contribution >= 0.6 is 12.6 Å². The van der Waals surface area contributed by atoms with Gasteiger partial charge < -0.3 is 42.1 Å². The van der Waals surface area contributed by atoms with Crippen molar-refractivity contribution in [1.82, 2.24) is 16.0 Å². The summed E-state index contributed by atoms with van der Waals surface area (Å²) in [6.45, 7) is 1.12. The zero-order chi connectivity index (χ0) is 24.3. The number of hydrogen-bond acceptors (Lipinski definition) is 9. The minimum Gasteiger partial charge on any atom is -0.481 e. The first-order chi connectivity index (χ1) is 14.3. The summed E-state index contributed by atoms with van der Waals surface area (Å²) in [6, 6.07) is -6.16. The van der Waals surface area contributed by atoms with Gasteiger partial charge in [0.15, 0.2) is 0 Å². The molecule has 0 saturated carbocycles. The van der Waals surface area contributed by atoms with Gasteiger partial charge in [-0.3, -0.25) is 24.0 Å². The Bertz CT molecular complexity index is 702. The molecule has 0 spiro atoms. The topological polar surface area (TPSA) is 245 Å². The number of carbonyl (C=O) groups excluding carboxylic acids is 3. The number of nitrogens with two attached hydrogens (primary N) is 1. The fourth-order valence-corrected chi connectivity index (χ4v) is 2.43. The van der Waals surface area contributed by atoms with Gasteiger partial charge in [-0.2, -0.15) is 12.6 Å². The maximum atomic E-state index is 12.5. The van der Waals surface area contributed by atoms with Gasteiger partial charge in [-0.1, -0.05) is 0 Å². The highest BCUT2D eigenvalue weighted by Gasteiger charge is 2.33. The van der Waals surface area contributed by atoms with Gasteiger partial charge in [0.1, 0.15) is 18.1 Å². The SMILES string of the molecule is CC(O)C(NC(=O)C(CC(=O)O)NC(=O)C(N)CCC(=O)O)C(=O)NC(CS)C(=O)O. The van der Waals surface area contributed by atoms with Crippen molar-refractivity contribution in [2.45, 2.75) is 56.5 Å². The molecule has 3 amide bonds. The Labute approximate surface area is 182 Å². The lowest BCUT2D eigenvalue weighted by atomic mass is 10.1. The van der Waals surface area contributed by atoms with Crippen LogP contribution in [0.2, 0.25) is 0 Å². The van der Waals surface area contributed by atoms with Gasteiger partial charge in [0.2, 0.25) is 17.7 Å². The summed E-state index contributed by atoms with van der Waals surface area (Å²) < 4.78 is 0. The van der Waals surface area contributed by atoms with E-state index in [4.69, 9.17) is 21.1 Å². The predicted molar refractivity (Wildman–Crippen MR) is 106 cm³/mol. The summed E-state index contributed by atoms with van der Waals surface area (Å²) in [5.74, 6) is -7.64. The molecule has 14 nitrogen and oxygen atoms in total. The molecule has 0 aromatic carbocycles. The van der Waals surface area contributed by atoms with Crippen LogP contribution in [0.3, 0.4) is 0 Å². The molecule has 0 aromatic heterocycles. The van der Waals surface area contributed by atoms with Crippen molar-refractivity contribution >= 4 is 48.3 Å². The van der Waals surface area contributed by atoms with Crippen molar-refractivity contribution in [1.29, 1.82) is 0 Å². The molecule has 0 aliphatic carbocycles. The molecule has 0 aliphatic rings. The van der Waals surface area contributed by atoms with Gasteiger partial charge in [-0.05, 0) is 13.3 Å². The number of carbonyl (C=O) groups is 6. The Morgan fingerprint density at radius 3 is 1.84 bits per heavy atom. The summed E-state index contributed by atoms with van der Waals surface area (Å²) in [6.07, 6.45) is -3.14. The van der Waals surface area contributed by atoms with Crippen LogP contribution in [-0.4, -0.2) is 92.1 Å². The van der Waals surface area contributed by atoms with Crippen LogP contribution in [0.5, 0.6) is 0 Å². The van der Waals surface area contributed by atoms with E-state index in [1.54, 1.807) is 0 Å². The molecule has 0 aliphatic heterocycles. The van der Waals surface area contributed by atoms with Gasteiger partial charge in [0, 0.05) is 12.2 Å². The molecule has 0 heterocycles. The third-order valence-corrected chi connectivity index (χ3v) is 4.24. The lowest BCUT2D eigenvalue weighted by Crippen LogP contribution is -2.60. The molecule has 31 heavy (non-hydrogen) atoms. The van der Waals surface area contributed by atoms with E-state index in [9.17, 15) is 33.9 Å². The Balaban J connectivity index is 5.33. The van der Waals surface area contributed by atoms with Crippen LogP contribution in [0.4, 0.5) is 0 Å². The van der Waals surface area contributed by atoms with E-state index < -0.39 is 78.7 Å². The molecule has 0 saturated heterocycles. The van der Waals surface area contributed by atoms with E-state index in [0.29, 0.717) is 0 Å². The number of aliphatic carboxylic acids is 3. The third kappa shape index (κ3) is 10.6. The van der Waals surface area contributed by atoms with E-state index in [0.717, 1.165) is 6.92 Å². The summed E-state index contributed by atoms with van der Waals surface area (Å²) in [5.41, 5.74) is 5.52. The number of hydrogen-bond donors (Lipinski definition) is 9. The number of carboxylic acids is 3. The molecular weight excluding hydrogens is 440 g/mol. The van der Waals surface area contributed by atoms with Gasteiger partial charge in [-0.15, -0.1) is 0 Å². The highest BCUT2D eigenvalue weighted by atomic mass is 32.1. The van der Waals surface area contributed by atoms with E-state index >= 15 is 0 Å². The maximum Gasteiger partial charge on any atom is 0.327 e. The van der Waals surface area contributed by atoms with Crippen molar-refractivity contribution in [3.05, 3.63) is 0 Å². The van der Waals surface area contributed by atoms with Crippen LogP contribution in [0.1, 0.15) is 26.2 Å². The number of thiol groups is 1. The first-order valence-corrected chi connectivity index (χ1v) is 9.55. The van der Waals surface area contributed by atoms with E-state index in [1.807, 2.05) is 0 Å². The average molecular weight is 466 g/mol. The first kappa shape index (κ1) is 28.1. The van der Waals surface area contributed by atoms with Crippen molar-refractivity contribution in [3.63, 3.8) is 0 Å². The van der Waals surface area contributed by atoms with E-state index in [1.165, 1.54) is 0 Å². The lowest BCUT2D eigenvalue weighted by Gasteiger charge is -2.25. The molecule has 176 valence electrons. The van der Waals surface area contributed by atoms with Crippen LogP contribution in [0.25, 0.3) is 0 Å². The average Bonchev–Trinajstić information content (AvgIpc) is 2.66. The fraction of sp³-hybridized carbons (Fsp3) is 0.625. The zero-order valence-electron chi connectivity index (χ0n) is 16.5. The normalized spacial score (nSPS) is 15.5. The van der Waals surface area contributed by atoms with E-state index in [2.05, 4.69) is 28.6 Å². The van der Waals surface area contributed by atoms with Gasteiger partial charge in [-0.25, -0.2) is 4.79 Å². The summed E-state index contributed by atoms with van der Waals surface area (Å²) in [5, 5.41) is 42.5. The third-order valence-electron chi connectivity index (χ3n) is 3.88. The molecule has 0 fully saturated rings.